The first kappa shape index (κ1) is 15.2. The predicted octanol–water partition coefficient (Wildman–Crippen LogP) is 3.67. The fraction of sp³-hybridized carbons (Fsp3) is 0.235. The second kappa shape index (κ2) is 6.50. The molecule has 21 heavy (non-hydrogen) atoms. The molecule has 110 valence electrons. The van der Waals surface area contributed by atoms with Crippen molar-refractivity contribution < 1.29 is 9.18 Å². The molecule has 0 radical (unpaired) electrons. The van der Waals surface area contributed by atoms with E-state index in [1.165, 1.54) is 12.1 Å². The topological polar surface area (TPSA) is 41.1 Å². The Balaban J connectivity index is 2.19. The van der Waals surface area contributed by atoms with E-state index in [2.05, 4.69) is 10.6 Å². The van der Waals surface area contributed by atoms with E-state index in [0.29, 0.717) is 5.69 Å². The van der Waals surface area contributed by atoms with Gasteiger partial charge in [0.25, 0.3) is 5.91 Å². The smallest absolute Gasteiger partial charge is 0.258 e. The Morgan fingerprint density at radius 3 is 2.62 bits per heavy atom. The highest BCUT2D eigenvalue weighted by atomic mass is 19.1. The highest BCUT2D eigenvalue weighted by Gasteiger charge is 2.12. The molecular weight excluding hydrogens is 267 g/mol. The van der Waals surface area contributed by atoms with E-state index in [4.69, 9.17) is 0 Å². The molecule has 0 fully saturated rings. The lowest BCUT2D eigenvalue weighted by Gasteiger charge is -2.13. The average Bonchev–Trinajstić information content (AvgIpc) is 2.46. The van der Waals surface area contributed by atoms with Crippen molar-refractivity contribution in [2.45, 2.75) is 19.9 Å². The van der Waals surface area contributed by atoms with Gasteiger partial charge in [-0.2, -0.15) is 0 Å². The van der Waals surface area contributed by atoms with Crippen molar-refractivity contribution in [1.29, 1.82) is 0 Å². The van der Waals surface area contributed by atoms with Crippen molar-refractivity contribution in [3.05, 3.63) is 65.0 Å². The van der Waals surface area contributed by atoms with Gasteiger partial charge in [-0.05, 0) is 56.3 Å². The molecule has 4 heteroatoms. The number of benzene rings is 2. The van der Waals surface area contributed by atoms with Crippen LogP contribution in [0.25, 0.3) is 0 Å². The number of amides is 1. The largest absolute Gasteiger partial charge is 0.322 e. The van der Waals surface area contributed by atoms with Crippen LogP contribution in [0.4, 0.5) is 10.1 Å². The van der Waals surface area contributed by atoms with E-state index in [9.17, 15) is 9.18 Å². The summed E-state index contributed by atoms with van der Waals surface area (Å²) in [5, 5.41) is 5.87. The third-order valence-corrected chi connectivity index (χ3v) is 3.45. The van der Waals surface area contributed by atoms with Gasteiger partial charge in [0.15, 0.2) is 0 Å². The highest BCUT2D eigenvalue weighted by molar-refractivity contribution is 6.04. The summed E-state index contributed by atoms with van der Waals surface area (Å²) in [6.45, 7) is 3.81. The van der Waals surface area contributed by atoms with Crippen LogP contribution >= 0.6 is 0 Å². The van der Waals surface area contributed by atoms with Crippen molar-refractivity contribution in [2.75, 3.05) is 12.4 Å². The molecule has 0 spiro atoms. The van der Waals surface area contributed by atoms with Gasteiger partial charge in [0.2, 0.25) is 0 Å². The fourth-order valence-corrected chi connectivity index (χ4v) is 2.06. The Kier molecular flexibility index (Phi) is 4.70. The van der Waals surface area contributed by atoms with Gasteiger partial charge in [0, 0.05) is 11.7 Å². The van der Waals surface area contributed by atoms with Crippen molar-refractivity contribution >= 4 is 11.6 Å². The van der Waals surface area contributed by atoms with Crippen LogP contribution < -0.4 is 10.6 Å². The third-order valence-electron chi connectivity index (χ3n) is 3.45. The van der Waals surface area contributed by atoms with Crippen molar-refractivity contribution in [2.24, 2.45) is 0 Å². The van der Waals surface area contributed by atoms with Crippen LogP contribution in [0.1, 0.15) is 34.5 Å². The molecule has 2 aromatic rings. The lowest BCUT2D eigenvalue weighted by atomic mass is 10.1. The molecule has 0 aliphatic carbocycles. The van der Waals surface area contributed by atoms with Gasteiger partial charge in [0.1, 0.15) is 5.82 Å². The van der Waals surface area contributed by atoms with Crippen LogP contribution in [0.5, 0.6) is 0 Å². The molecule has 3 nitrogen and oxygen atoms in total. The molecule has 0 aromatic heterocycles. The lowest BCUT2D eigenvalue weighted by Crippen LogP contribution is -2.15. The van der Waals surface area contributed by atoms with Crippen LogP contribution in [-0.2, 0) is 0 Å². The van der Waals surface area contributed by atoms with E-state index in [-0.39, 0.29) is 11.6 Å². The molecule has 0 heterocycles. The molecule has 1 unspecified atom stereocenters. The minimum Gasteiger partial charge on any atom is -0.322 e. The van der Waals surface area contributed by atoms with Gasteiger partial charge in [-0.1, -0.05) is 18.2 Å². The first-order chi connectivity index (χ1) is 10.0. The molecule has 1 amide bonds. The molecule has 1 atom stereocenters. The van der Waals surface area contributed by atoms with Crippen molar-refractivity contribution in [3.8, 4) is 0 Å². The molecule has 2 rings (SSSR count). The number of aryl methyl sites for hydroxylation is 1. The van der Waals surface area contributed by atoms with Crippen LogP contribution in [0, 0.1) is 12.7 Å². The quantitative estimate of drug-likeness (QED) is 0.900. The van der Waals surface area contributed by atoms with Crippen LogP contribution in [0.2, 0.25) is 0 Å². The van der Waals surface area contributed by atoms with E-state index in [1.54, 1.807) is 19.1 Å². The Hall–Kier alpha value is -2.20. The number of carbonyl (C=O) groups excluding carboxylic acids is 1. The van der Waals surface area contributed by atoms with E-state index in [1.807, 2.05) is 32.2 Å². The minimum absolute atomic E-state index is 0.0488. The zero-order valence-corrected chi connectivity index (χ0v) is 12.4. The number of hydrogen-bond acceptors (Lipinski definition) is 2. The highest BCUT2D eigenvalue weighted by Crippen LogP contribution is 2.18. The standard InChI is InChI=1S/C17H19FN2O/c1-11-7-8-15(16(18)9-11)17(21)20-14-6-4-5-13(10-14)12(2)19-3/h4-10,12,19H,1-3H3,(H,20,21). The maximum absolute atomic E-state index is 13.8. The number of nitrogens with one attached hydrogen (secondary N) is 2. The fourth-order valence-electron chi connectivity index (χ4n) is 2.06. The number of anilines is 1. The molecule has 0 saturated carbocycles. The predicted molar refractivity (Wildman–Crippen MR) is 83.0 cm³/mol. The summed E-state index contributed by atoms with van der Waals surface area (Å²) in [7, 11) is 1.87. The molecule has 2 N–H and O–H groups in total. The second-order valence-corrected chi connectivity index (χ2v) is 5.07. The molecule has 2 aromatic carbocycles. The first-order valence-corrected chi connectivity index (χ1v) is 6.86. The maximum Gasteiger partial charge on any atom is 0.258 e. The van der Waals surface area contributed by atoms with Gasteiger partial charge < -0.3 is 10.6 Å². The van der Waals surface area contributed by atoms with Crippen LogP contribution in [0.15, 0.2) is 42.5 Å². The SMILES string of the molecule is CNC(C)c1cccc(NC(=O)c2ccc(C)cc2F)c1. The molecular formula is C17H19FN2O. The third kappa shape index (κ3) is 3.67. The van der Waals surface area contributed by atoms with Gasteiger partial charge in [-0.15, -0.1) is 0 Å². The van der Waals surface area contributed by atoms with Crippen LogP contribution in [0.3, 0.4) is 0 Å². The Bertz CT molecular complexity index is 655. The first-order valence-electron chi connectivity index (χ1n) is 6.86. The monoisotopic (exact) mass is 286 g/mol. The summed E-state index contributed by atoms with van der Waals surface area (Å²) < 4.78 is 13.8. The summed E-state index contributed by atoms with van der Waals surface area (Å²) in [5.41, 5.74) is 2.54. The average molecular weight is 286 g/mol. The molecule has 0 aliphatic heterocycles. The molecule has 0 aliphatic rings. The normalized spacial score (nSPS) is 12.0. The van der Waals surface area contributed by atoms with Gasteiger partial charge in [-0.3, -0.25) is 4.79 Å². The zero-order valence-electron chi connectivity index (χ0n) is 12.4. The van der Waals surface area contributed by atoms with Gasteiger partial charge >= 0.3 is 0 Å². The number of rotatable bonds is 4. The van der Waals surface area contributed by atoms with Crippen molar-refractivity contribution in [3.63, 3.8) is 0 Å². The molecule has 0 bridgehead atoms. The summed E-state index contributed by atoms with van der Waals surface area (Å²) in [4.78, 5) is 12.1. The van der Waals surface area contributed by atoms with Crippen molar-refractivity contribution in [1.82, 2.24) is 5.32 Å². The lowest BCUT2D eigenvalue weighted by molar-refractivity contribution is 0.102. The summed E-state index contributed by atoms with van der Waals surface area (Å²) in [6, 6.07) is 12.3. The van der Waals surface area contributed by atoms with E-state index in [0.717, 1.165) is 11.1 Å². The van der Waals surface area contributed by atoms with Gasteiger partial charge in [-0.25, -0.2) is 4.39 Å². The summed E-state index contributed by atoms with van der Waals surface area (Å²) >= 11 is 0. The summed E-state index contributed by atoms with van der Waals surface area (Å²) in [6.07, 6.45) is 0. The Labute approximate surface area is 124 Å². The number of halogens is 1. The maximum atomic E-state index is 13.8. The van der Waals surface area contributed by atoms with Gasteiger partial charge in [0.05, 0.1) is 5.56 Å². The Morgan fingerprint density at radius 1 is 1.19 bits per heavy atom. The second-order valence-electron chi connectivity index (χ2n) is 5.07. The van der Waals surface area contributed by atoms with Crippen LogP contribution in [-0.4, -0.2) is 13.0 Å². The minimum atomic E-state index is -0.507. The van der Waals surface area contributed by atoms with E-state index >= 15 is 0 Å². The zero-order chi connectivity index (χ0) is 15.4. The summed E-state index contributed by atoms with van der Waals surface area (Å²) in [5.74, 6) is -0.950. The number of hydrogen-bond donors (Lipinski definition) is 2. The Morgan fingerprint density at radius 2 is 1.95 bits per heavy atom. The molecule has 0 saturated heterocycles. The number of carbonyl (C=O) groups is 1. The van der Waals surface area contributed by atoms with E-state index < -0.39 is 11.7 Å².